The summed E-state index contributed by atoms with van der Waals surface area (Å²) in [6, 6.07) is 4.54. The number of hydrogen-bond acceptors (Lipinski definition) is 3. The van der Waals surface area contributed by atoms with Gasteiger partial charge in [0, 0.05) is 26.2 Å². The van der Waals surface area contributed by atoms with Gasteiger partial charge in [-0.2, -0.15) is 0 Å². The Kier molecular flexibility index (Phi) is 5.27. The van der Waals surface area contributed by atoms with E-state index in [0.717, 1.165) is 42.5 Å². The molecule has 1 aromatic rings. The monoisotopic (exact) mass is 314 g/mol. The van der Waals surface area contributed by atoms with Gasteiger partial charge >= 0.3 is 0 Å². The second-order valence-electron chi connectivity index (χ2n) is 5.41. The van der Waals surface area contributed by atoms with Crippen LogP contribution < -0.4 is 5.32 Å². The topological polar surface area (TPSA) is 28.4 Å². The molecule has 18 heavy (non-hydrogen) atoms. The number of piperazine rings is 1. The summed E-state index contributed by atoms with van der Waals surface area (Å²) in [6.45, 7) is 8.96. The van der Waals surface area contributed by atoms with Gasteiger partial charge in [0.1, 0.15) is 5.76 Å². The van der Waals surface area contributed by atoms with E-state index in [0.29, 0.717) is 6.04 Å². The van der Waals surface area contributed by atoms with Crippen LogP contribution in [0.1, 0.15) is 38.5 Å². The van der Waals surface area contributed by atoms with Crippen molar-refractivity contribution in [1.82, 2.24) is 10.2 Å². The molecule has 0 radical (unpaired) electrons. The van der Waals surface area contributed by atoms with Crippen LogP contribution >= 0.6 is 15.9 Å². The molecule has 1 saturated heterocycles. The van der Waals surface area contributed by atoms with Crippen LogP contribution in [0.4, 0.5) is 0 Å². The average Bonchev–Trinajstić information content (AvgIpc) is 2.77. The summed E-state index contributed by atoms with van der Waals surface area (Å²) >= 11 is 3.41. The Morgan fingerprint density at radius 2 is 2.00 bits per heavy atom. The lowest BCUT2D eigenvalue weighted by Gasteiger charge is -2.34. The first-order valence-corrected chi connectivity index (χ1v) is 7.66. The van der Waals surface area contributed by atoms with Crippen molar-refractivity contribution in [3.63, 3.8) is 0 Å². The number of halogens is 1. The summed E-state index contributed by atoms with van der Waals surface area (Å²) in [7, 11) is 0. The third-order valence-corrected chi connectivity index (χ3v) is 3.96. The molecule has 2 heterocycles. The van der Waals surface area contributed by atoms with E-state index in [1.807, 2.05) is 6.07 Å². The molecular weight excluding hydrogens is 292 g/mol. The van der Waals surface area contributed by atoms with Crippen LogP contribution in [0.5, 0.6) is 0 Å². The van der Waals surface area contributed by atoms with Crippen molar-refractivity contribution < 1.29 is 4.42 Å². The van der Waals surface area contributed by atoms with Crippen molar-refractivity contribution in [2.24, 2.45) is 5.92 Å². The van der Waals surface area contributed by atoms with Crippen LogP contribution in [0, 0.1) is 5.92 Å². The minimum absolute atomic E-state index is 0.431. The third kappa shape index (κ3) is 3.84. The maximum atomic E-state index is 5.79. The summed E-state index contributed by atoms with van der Waals surface area (Å²) in [4.78, 5) is 2.55. The Balaban J connectivity index is 2.06. The summed E-state index contributed by atoms with van der Waals surface area (Å²) < 4.78 is 6.62. The Bertz CT molecular complexity index is 358. The van der Waals surface area contributed by atoms with Crippen LogP contribution in [-0.4, -0.2) is 31.1 Å². The molecule has 1 aromatic heterocycles. The van der Waals surface area contributed by atoms with Gasteiger partial charge in [-0.1, -0.05) is 13.8 Å². The van der Waals surface area contributed by atoms with E-state index in [9.17, 15) is 0 Å². The minimum atomic E-state index is 0.431. The standard InChI is InChI=1S/C14H23BrN2O/c1-11(2)3-4-12(13-5-6-14(15)18-13)17-9-7-16-8-10-17/h5-6,11-12,16H,3-4,7-10H2,1-2H3/t12-/m0/s1. The van der Waals surface area contributed by atoms with Gasteiger partial charge in [-0.15, -0.1) is 0 Å². The number of nitrogens with one attached hydrogen (secondary N) is 1. The van der Waals surface area contributed by atoms with Crippen molar-refractivity contribution in [2.75, 3.05) is 26.2 Å². The fraction of sp³-hybridized carbons (Fsp3) is 0.714. The predicted octanol–water partition coefficient (Wildman–Crippen LogP) is 3.42. The Hall–Kier alpha value is -0.320. The van der Waals surface area contributed by atoms with E-state index in [2.05, 4.69) is 46.1 Å². The molecule has 3 nitrogen and oxygen atoms in total. The fourth-order valence-corrected chi connectivity index (χ4v) is 2.82. The van der Waals surface area contributed by atoms with Crippen molar-refractivity contribution in [1.29, 1.82) is 0 Å². The Labute approximate surface area is 118 Å². The van der Waals surface area contributed by atoms with Gasteiger partial charge in [0.05, 0.1) is 6.04 Å². The summed E-state index contributed by atoms with van der Waals surface area (Å²) in [5.74, 6) is 1.85. The SMILES string of the molecule is CC(C)CC[C@@H](c1ccc(Br)o1)N1CCNCC1. The Morgan fingerprint density at radius 1 is 1.28 bits per heavy atom. The van der Waals surface area contributed by atoms with Crippen LogP contribution in [0.3, 0.4) is 0 Å². The van der Waals surface area contributed by atoms with Gasteiger partial charge in [-0.3, -0.25) is 4.90 Å². The van der Waals surface area contributed by atoms with E-state index in [4.69, 9.17) is 4.42 Å². The van der Waals surface area contributed by atoms with Crippen molar-refractivity contribution in [3.8, 4) is 0 Å². The smallest absolute Gasteiger partial charge is 0.169 e. The van der Waals surface area contributed by atoms with E-state index < -0.39 is 0 Å². The molecule has 0 aliphatic carbocycles. The van der Waals surface area contributed by atoms with E-state index >= 15 is 0 Å². The third-order valence-electron chi connectivity index (χ3n) is 3.53. The second kappa shape index (κ2) is 6.73. The van der Waals surface area contributed by atoms with E-state index in [1.54, 1.807) is 0 Å². The molecule has 2 rings (SSSR count). The molecule has 102 valence electrons. The molecule has 1 fully saturated rings. The van der Waals surface area contributed by atoms with Gasteiger partial charge in [0.15, 0.2) is 4.67 Å². The Morgan fingerprint density at radius 3 is 2.56 bits per heavy atom. The predicted molar refractivity (Wildman–Crippen MR) is 77.7 cm³/mol. The van der Waals surface area contributed by atoms with Gasteiger partial charge in [-0.25, -0.2) is 0 Å². The first-order valence-electron chi connectivity index (χ1n) is 6.87. The summed E-state index contributed by atoms with van der Waals surface area (Å²) in [5, 5.41) is 3.41. The van der Waals surface area contributed by atoms with Gasteiger partial charge in [0.2, 0.25) is 0 Å². The number of furan rings is 1. The molecule has 0 aromatic carbocycles. The van der Waals surface area contributed by atoms with Crippen LogP contribution in [0.25, 0.3) is 0 Å². The zero-order valence-corrected chi connectivity index (χ0v) is 12.9. The van der Waals surface area contributed by atoms with Gasteiger partial charge < -0.3 is 9.73 Å². The molecule has 0 unspecified atom stereocenters. The molecule has 1 N–H and O–H groups in total. The van der Waals surface area contributed by atoms with Crippen LogP contribution in [0.2, 0.25) is 0 Å². The highest BCUT2D eigenvalue weighted by molar-refractivity contribution is 9.10. The quantitative estimate of drug-likeness (QED) is 0.902. The highest BCUT2D eigenvalue weighted by atomic mass is 79.9. The number of nitrogens with zero attached hydrogens (tertiary/aromatic N) is 1. The largest absolute Gasteiger partial charge is 0.453 e. The first kappa shape index (κ1) is 14.1. The van der Waals surface area contributed by atoms with E-state index in [1.165, 1.54) is 12.8 Å². The molecule has 1 atom stereocenters. The summed E-state index contributed by atoms with van der Waals surface area (Å²) in [6.07, 6.45) is 2.42. The lowest BCUT2D eigenvalue weighted by Crippen LogP contribution is -2.45. The maximum Gasteiger partial charge on any atom is 0.169 e. The maximum absolute atomic E-state index is 5.79. The first-order chi connectivity index (χ1) is 8.66. The highest BCUT2D eigenvalue weighted by Crippen LogP contribution is 2.30. The van der Waals surface area contributed by atoms with Crippen LogP contribution in [-0.2, 0) is 0 Å². The molecule has 4 heteroatoms. The normalized spacial score (nSPS) is 19.3. The molecule has 0 spiro atoms. The highest BCUT2D eigenvalue weighted by Gasteiger charge is 2.24. The van der Waals surface area contributed by atoms with Gasteiger partial charge in [0.25, 0.3) is 0 Å². The van der Waals surface area contributed by atoms with Crippen molar-refractivity contribution in [3.05, 3.63) is 22.6 Å². The molecule has 0 saturated carbocycles. The van der Waals surface area contributed by atoms with Gasteiger partial charge in [-0.05, 0) is 46.8 Å². The lowest BCUT2D eigenvalue weighted by atomic mass is 10.00. The van der Waals surface area contributed by atoms with Crippen molar-refractivity contribution in [2.45, 2.75) is 32.7 Å². The van der Waals surface area contributed by atoms with Crippen LogP contribution in [0.15, 0.2) is 21.2 Å². The zero-order chi connectivity index (χ0) is 13.0. The molecule has 0 amide bonds. The zero-order valence-electron chi connectivity index (χ0n) is 11.3. The van der Waals surface area contributed by atoms with E-state index in [-0.39, 0.29) is 0 Å². The van der Waals surface area contributed by atoms with Crippen molar-refractivity contribution >= 4 is 15.9 Å². The number of hydrogen-bond donors (Lipinski definition) is 1. The second-order valence-corrected chi connectivity index (χ2v) is 6.20. The average molecular weight is 315 g/mol. The lowest BCUT2D eigenvalue weighted by molar-refractivity contribution is 0.140. The summed E-state index contributed by atoms with van der Waals surface area (Å²) in [5.41, 5.74) is 0. The molecule has 0 bridgehead atoms. The number of rotatable bonds is 5. The molecule has 1 aliphatic heterocycles. The molecule has 1 aliphatic rings. The fourth-order valence-electron chi connectivity index (χ4n) is 2.50. The molecular formula is C14H23BrN2O. The minimum Gasteiger partial charge on any atom is -0.453 e.